The third-order valence-electron chi connectivity index (χ3n) is 2.90. The number of carbonyl (C=O) groups excluding carboxylic acids is 1. The molecule has 0 spiro atoms. The molecule has 3 rings (SSSR count). The summed E-state index contributed by atoms with van der Waals surface area (Å²) in [6.45, 7) is 0. The summed E-state index contributed by atoms with van der Waals surface area (Å²) in [5, 5.41) is 0.936. The van der Waals surface area contributed by atoms with Crippen LogP contribution in [0.25, 0.3) is 22.0 Å². The Morgan fingerprint density at radius 3 is 2.72 bits per heavy atom. The molecule has 0 fully saturated rings. The van der Waals surface area contributed by atoms with Gasteiger partial charge in [0, 0.05) is 34.4 Å². The zero-order chi connectivity index (χ0) is 12.5. The fourth-order valence-electron chi connectivity index (χ4n) is 1.97. The van der Waals surface area contributed by atoms with Gasteiger partial charge in [0.25, 0.3) is 0 Å². The number of halogens is 1. The molecule has 2 heterocycles. The Morgan fingerprint density at radius 2 is 2.00 bits per heavy atom. The molecule has 4 heteroatoms. The van der Waals surface area contributed by atoms with Crippen LogP contribution in [0.2, 0.25) is 0 Å². The zero-order valence-electron chi connectivity index (χ0n) is 9.35. The van der Waals surface area contributed by atoms with E-state index in [9.17, 15) is 4.79 Å². The summed E-state index contributed by atoms with van der Waals surface area (Å²) in [7, 11) is 0. The highest BCUT2D eigenvalue weighted by Crippen LogP contribution is 2.25. The predicted octanol–water partition coefficient (Wildman–Crippen LogP) is 3.80. The van der Waals surface area contributed by atoms with Crippen LogP contribution in [-0.4, -0.2) is 16.3 Å². The van der Waals surface area contributed by atoms with E-state index in [2.05, 4.69) is 25.9 Å². The zero-order valence-corrected chi connectivity index (χ0v) is 10.9. The average molecular weight is 301 g/mol. The number of aromatic amines is 1. The molecule has 0 bridgehead atoms. The fraction of sp³-hybridized carbons (Fsp3) is 0. The summed E-state index contributed by atoms with van der Waals surface area (Å²) in [4.78, 5) is 18.2. The average Bonchev–Trinajstić information content (AvgIpc) is 2.81. The van der Waals surface area contributed by atoms with Crippen molar-refractivity contribution >= 4 is 33.1 Å². The van der Waals surface area contributed by atoms with E-state index in [1.165, 1.54) is 0 Å². The first-order chi connectivity index (χ1) is 8.78. The van der Waals surface area contributed by atoms with Crippen molar-refractivity contribution in [2.75, 3.05) is 0 Å². The van der Waals surface area contributed by atoms with Gasteiger partial charge in [0.15, 0.2) is 6.29 Å². The van der Waals surface area contributed by atoms with Gasteiger partial charge in [-0.3, -0.25) is 4.79 Å². The van der Waals surface area contributed by atoms with Gasteiger partial charge in [-0.25, -0.2) is 4.98 Å². The number of benzene rings is 1. The van der Waals surface area contributed by atoms with Gasteiger partial charge >= 0.3 is 0 Å². The molecule has 0 amide bonds. The SMILES string of the molecule is O=Cc1c[nH]c2ccc(-c3ccc(Br)nc3)cc12. The number of nitrogens with one attached hydrogen (secondary N) is 1. The third-order valence-corrected chi connectivity index (χ3v) is 3.37. The quantitative estimate of drug-likeness (QED) is 0.578. The van der Waals surface area contributed by atoms with Crippen molar-refractivity contribution in [3.8, 4) is 11.1 Å². The van der Waals surface area contributed by atoms with E-state index < -0.39 is 0 Å². The third kappa shape index (κ3) is 1.84. The van der Waals surface area contributed by atoms with Crippen LogP contribution < -0.4 is 0 Å². The maximum Gasteiger partial charge on any atom is 0.152 e. The first-order valence-electron chi connectivity index (χ1n) is 5.46. The van der Waals surface area contributed by atoms with Crippen molar-refractivity contribution in [1.29, 1.82) is 0 Å². The number of pyridine rings is 1. The molecule has 0 aliphatic carbocycles. The van der Waals surface area contributed by atoms with Crippen LogP contribution in [-0.2, 0) is 0 Å². The van der Waals surface area contributed by atoms with Crippen LogP contribution in [0.1, 0.15) is 10.4 Å². The fourth-order valence-corrected chi connectivity index (χ4v) is 2.20. The molecule has 3 nitrogen and oxygen atoms in total. The van der Waals surface area contributed by atoms with E-state index in [1.54, 1.807) is 12.4 Å². The summed E-state index contributed by atoms with van der Waals surface area (Å²) in [6, 6.07) is 9.88. The summed E-state index contributed by atoms with van der Waals surface area (Å²) in [6.07, 6.45) is 4.39. The highest BCUT2D eigenvalue weighted by atomic mass is 79.9. The molecule has 1 aromatic carbocycles. The van der Waals surface area contributed by atoms with Crippen LogP contribution in [0.3, 0.4) is 0 Å². The standard InChI is InChI=1S/C14H9BrN2O/c15-14-4-2-10(6-17-14)9-1-3-13-12(5-9)11(8-18)7-16-13/h1-8,16H. The first-order valence-corrected chi connectivity index (χ1v) is 6.25. The Balaban J connectivity index is 2.17. The number of rotatable bonds is 2. The lowest BCUT2D eigenvalue weighted by atomic mass is 10.0. The minimum atomic E-state index is 0.678. The molecule has 0 unspecified atom stereocenters. The Labute approximate surface area is 112 Å². The lowest BCUT2D eigenvalue weighted by Gasteiger charge is -2.02. The number of carbonyl (C=O) groups is 1. The Kier molecular flexibility index (Phi) is 2.72. The molecule has 1 N–H and O–H groups in total. The van der Waals surface area contributed by atoms with Gasteiger partial charge in [0.1, 0.15) is 4.60 Å². The van der Waals surface area contributed by atoms with Gasteiger partial charge in [0.2, 0.25) is 0 Å². The van der Waals surface area contributed by atoms with Crippen LogP contribution in [0.5, 0.6) is 0 Å². The van der Waals surface area contributed by atoms with Crippen LogP contribution in [0, 0.1) is 0 Å². The van der Waals surface area contributed by atoms with Gasteiger partial charge < -0.3 is 4.98 Å². The van der Waals surface area contributed by atoms with Crippen LogP contribution >= 0.6 is 15.9 Å². The number of nitrogens with zero attached hydrogens (tertiary/aromatic N) is 1. The molecule has 0 radical (unpaired) electrons. The molecule has 0 saturated carbocycles. The number of fused-ring (bicyclic) bond motifs is 1. The topological polar surface area (TPSA) is 45.8 Å². The van der Waals surface area contributed by atoms with E-state index in [-0.39, 0.29) is 0 Å². The van der Waals surface area contributed by atoms with Gasteiger partial charge in [-0.2, -0.15) is 0 Å². The minimum absolute atomic E-state index is 0.678. The second-order valence-electron chi connectivity index (χ2n) is 3.99. The molecule has 3 aromatic rings. The van der Waals surface area contributed by atoms with Crippen molar-refractivity contribution < 1.29 is 4.79 Å². The van der Waals surface area contributed by atoms with Crippen LogP contribution in [0.15, 0.2) is 47.3 Å². The molecule has 18 heavy (non-hydrogen) atoms. The minimum Gasteiger partial charge on any atom is -0.360 e. The lowest BCUT2D eigenvalue weighted by Crippen LogP contribution is -1.82. The summed E-state index contributed by atoms with van der Waals surface area (Å²) >= 11 is 3.31. The Hall–Kier alpha value is -1.94. The van der Waals surface area contributed by atoms with Gasteiger partial charge in [-0.15, -0.1) is 0 Å². The van der Waals surface area contributed by atoms with Gasteiger partial charge in [0.05, 0.1) is 0 Å². The highest BCUT2D eigenvalue weighted by Gasteiger charge is 2.05. The Morgan fingerprint density at radius 1 is 1.17 bits per heavy atom. The second kappa shape index (κ2) is 4.38. The number of hydrogen-bond acceptors (Lipinski definition) is 2. The van der Waals surface area contributed by atoms with Gasteiger partial charge in [-0.05, 0) is 39.7 Å². The molecule has 2 aromatic heterocycles. The van der Waals surface area contributed by atoms with Crippen molar-refractivity contribution in [3.05, 3.63) is 52.9 Å². The largest absolute Gasteiger partial charge is 0.360 e. The maximum absolute atomic E-state index is 10.9. The number of hydrogen-bond donors (Lipinski definition) is 1. The maximum atomic E-state index is 10.9. The monoisotopic (exact) mass is 300 g/mol. The number of aldehydes is 1. The highest BCUT2D eigenvalue weighted by molar-refractivity contribution is 9.10. The number of H-pyrrole nitrogens is 1. The van der Waals surface area contributed by atoms with E-state index in [0.717, 1.165) is 32.9 Å². The normalized spacial score (nSPS) is 10.7. The Bertz CT molecular complexity index is 716. The molecule has 88 valence electrons. The van der Waals surface area contributed by atoms with E-state index in [1.807, 2.05) is 30.3 Å². The summed E-state index contributed by atoms with van der Waals surface area (Å²) in [5.41, 5.74) is 3.71. The van der Waals surface area contributed by atoms with Crippen molar-refractivity contribution in [2.24, 2.45) is 0 Å². The van der Waals surface area contributed by atoms with Crippen LogP contribution in [0.4, 0.5) is 0 Å². The predicted molar refractivity (Wildman–Crippen MR) is 74.6 cm³/mol. The van der Waals surface area contributed by atoms with Crippen molar-refractivity contribution in [3.63, 3.8) is 0 Å². The number of aromatic nitrogens is 2. The molecular weight excluding hydrogens is 292 g/mol. The van der Waals surface area contributed by atoms with E-state index in [4.69, 9.17) is 0 Å². The molecule has 0 saturated heterocycles. The molecule has 0 aliphatic rings. The lowest BCUT2D eigenvalue weighted by molar-refractivity contribution is 0.112. The second-order valence-corrected chi connectivity index (χ2v) is 4.80. The first kappa shape index (κ1) is 11.2. The smallest absolute Gasteiger partial charge is 0.152 e. The molecular formula is C14H9BrN2O. The summed E-state index contributed by atoms with van der Waals surface area (Å²) < 4.78 is 0.808. The van der Waals surface area contributed by atoms with Crippen molar-refractivity contribution in [1.82, 2.24) is 9.97 Å². The van der Waals surface area contributed by atoms with E-state index in [0.29, 0.717) is 5.56 Å². The summed E-state index contributed by atoms with van der Waals surface area (Å²) in [5.74, 6) is 0. The molecule has 0 atom stereocenters. The molecule has 0 aliphatic heterocycles. The van der Waals surface area contributed by atoms with E-state index >= 15 is 0 Å². The van der Waals surface area contributed by atoms with Crippen molar-refractivity contribution in [2.45, 2.75) is 0 Å². The van der Waals surface area contributed by atoms with Gasteiger partial charge in [-0.1, -0.05) is 12.1 Å².